The van der Waals surface area contributed by atoms with Gasteiger partial charge >= 0.3 is 0 Å². The molecule has 18 heavy (non-hydrogen) atoms. The van der Waals surface area contributed by atoms with Crippen molar-refractivity contribution < 1.29 is 0 Å². The second-order valence-electron chi connectivity index (χ2n) is 4.76. The molecule has 1 aromatic carbocycles. The van der Waals surface area contributed by atoms with E-state index in [0.717, 1.165) is 6.54 Å². The van der Waals surface area contributed by atoms with Crippen LogP contribution in [0.1, 0.15) is 44.2 Å². The van der Waals surface area contributed by atoms with Gasteiger partial charge in [-0.05, 0) is 50.1 Å². The summed E-state index contributed by atoms with van der Waals surface area (Å²) < 4.78 is 0. The van der Waals surface area contributed by atoms with Gasteiger partial charge in [-0.15, -0.1) is 11.8 Å². The van der Waals surface area contributed by atoms with E-state index in [1.165, 1.54) is 36.1 Å². The number of nitrogens with one attached hydrogen (secondary N) is 1. The van der Waals surface area contributed by atoms with Crippen LogP contribution in [0.5, 0.6) is 0 Å². The first-order valence-electron chi connectivity index (χ1n) is 6.92. The van der Waals surface area contributed by atoms with Crippen molar-refractivity contribution in [3.8, 4) is 0 Å². The van der Waals surface area contributed by atoms with Crippen LogP contribution in [-0.2, 0) is 0 Å². The molecular formula is C16H23NS. The number of benzene rings is 1. The summed E-state index contributed by atoms with van der Waals surface area (Å²) >= 11 is 1.85. The first-order valence-corrected chi connectivity index (χ1v) is 8.14. The van der Waals surface area contributed by atoms with Crippen molar-refractivity contribution in [3.05, 3.63) is 41.5 Å². The van der Waals surface area contributed by atoms with Crippen molar-refractivity contribution >= 4 is 11.8 Å². The third-order valence-corrected chi connectivity index (χ3v) is 4.37. The average molecular weight is 261 g/mol. The maximum absolute atomic E-state index is 3.66. The van der Waals surface area contributed by atoms with Gasteiger partial charge in [0.1, 0.15) is 0 Å². The second-order valence-corrected chi connectivity index (χ2v) is 5.61. The molecule has 98 valence electrons. The van der Waals surface area contributed by atoms with Gasteiger partial charge < -0.3 is 5.32 Å². The summed E-state index contributed by atoms with van der Waals surface area (Å²) in [5.74, 6) is 0. The van der Waals surface area contributed by atoms with E-state index in [-0.39, 0.29) is 0 Å². The van der Waals surface area contributed by atoms with Crippen LogP contribution < -0.4 is 5.32 Å². The maximum atomic E-state index is 3.66. The fraction of sp³-hybridized carbons (Fsp3) is 0.500. The van der Waals surface area contributed by atoms with Crippen molar-refractivity contribution in [2.24, 2.45) is 0 Å². The molecule has 1 aromatic rings. The van der Waals surface area contributed by atoms with E-state index in [4.69, 9.17) is 0 Å². The summed E-state index contributed by atoms with van der Waals surface area (Å²) in [5.41, 5.74) is 3.03. The Morgan fingerprint density at radius 3 is 2.78 bits per heavy atom. The molecule has 0 fully saturated rings. The monoisotopic (exact) mass is 261 g/mol. The molecule has 0 spiro atoms. The van der Waals surface area contributed by atoms with Crippen LogP contribution >= 0.6 is 11.8 Å². The maximum Gasteiger partial charge on any atom is 0.0547 e. The molecule has 0 amide bonds. The number of thioether (sulfide) groups is 1. The molecule has 0 aliphatic heterocycles. The zero-order chi connectivity index (χ0) is 12.8. The minimum absolute atomic E-state index is 0.416. The van der Waals surface area contributed by atoms with Gasteiger partial charge in [0.15, 0.2) is 0 Å². The third kappa shape index (κ3) is 3.18. The SMILES string of the molecule is CCNC(C1=CCCCC1)c1ccccc1SC. The largest absolute Gasteiger partial charge is 0.307 e. The lowest BCUT2D eigenvalue weighted by molar-refractivity contribution is 0.558. The van der Waals surface area contributed by atoms with Gasteiger partial charge in [0.2, 0.25) is 0 Å². The quantitative estimate of drug-likeness (QED) is 0.616. The zero-order valence-electron chi connectivity index (χ0n) is 11.4. The topological polar surface area (TPSA) is 12.0 Å². The lowest BCUT2D eigenvalue weighted by atomic mass is 9.90. The molecule has 1 aliphatic rings. The molecule has 1 aliphatic carbocycles. The molecule has 0 saturated heterocycles. The summed E-state index contributed by atoms with van der Waals surface area (Å²) in [6.07, 6.45) is 9.81. The molecular weight excluding hydrogens is 238 g/mol. The van der Waals surface area contributed by atoms with Crippen LogP contribution in [0.4, 0.5) is 0 Å². The first kappa shape index (κ1) is 13.7. The molecule has 0 heterocycles. The average Bonchev–Trinajstić information content (AvgIpc) is 2.46. The highest BCUT2D eigenvalue weighted by Crippen LogP contribution is 2.34. The van der Waals surface area contributed by atoms with Gasteiger partial charge in [0, 0.05) is 4.90 Å². The van der Waals surface area contributed by atoms with Crippen molar-refractivity contribution in [2.45, 2.75) is 43.5 Å². The Morgan fingerprint density at radius 2 is 2.11 bits per heavy atom. The predicted octanol–water partition coefficient (Wildman–Crippen LogP) is 4.56. The molecule has 0 aromatic heterocycles. The highest BCUT2D eigenvalue weighted by atomic mass is 32.2. The number of likely N-dealkylation sites (N-methyl/N-ethyl adjacent to an activating group) is 1. The van der Waals surface area contributed by atoms with E-state index < -0.39 is 0 Å². The fourth-order valence-corrected chi connectivity index (χ4v) is 3.31. The van der Waals surface area contributed by atoms with Crippen LogP contribution in [0.25, 0.3) is 0 Å². The van der Waals surface area contributed by atoms with Gasteiger partial charge in [-0.3, -0.25) is 0 Å². The van der Waals surface area contributed by atoms with Crippen LogP contribution in [-0.4, -0.2) is 12.8 Å². The van der Waals surface area contributed by atoms with E-state index in [1.54, 1.807) is 5.57 Å². The summed E-state index contributed by atoms with van der Waals surface area (Å²) in [4.78, 5) is 1.40. The smallest absolute Gasteiger partial charge is 0.0547 e. The lowest BCUT2D eigenvalue weighted by Gasteiger charge is -2.26. The van der Waals surface area contributed by atoms with Gasteiger partial charge in [-0.1, -0.05) is 36.8 Å². The second kappa shape index (κ2) is 7.01. The Balaban J connectivity index is 2.31. The van der Waals surface area contributed by atoms with Gasteiger partial charge in [0.05, 0.1) is 6.04 Å². The van der Waals surface area contributed by atoms with Gasteiger partial charge in [-0.2, -0.15) is 0 Å². The zero-order valence-corrected chi connectivity index (χ0v) is 12.2. The molecule has 1 nitrogen and oxygen atoms in total. The summed E-state index contributed by atoms with van der Waals surface area (Å²) in [6.45, 7) is 3.21. The van der Waals surface area contributed by atoms with E-state index in [1.807, 2.05) is 11.8 Å². The standard InChI is InChI=1S/C16H23NS/c1-3-17-16(13-9-5-4-6-10-13)14-11-7-8-12-15(14)18-2/h7-9,11-12,16-17H,3-6,10H2,1-2H3. The van der Waals surface area contributed by atoms with Crippen LogP contribution in [0.15, 0.2) is 40.8 Å². The van der Waals surface area contributed by atoms with Crippen LogP contribution in [0.2, 0.25) is 0 Å². The molecule has 1 N–H and O–H groups in total. The Morgan fingerprint density at radius 1 is 1.28 bits per heavy atom. The van der Waals surface area contributed by atoms with E-state index in [2.05, 4.69) is 48.8 Å². The van der Waals surface area contributed by atoms with E-state index in [9.17, 15) is 0 Å². The van der Waals surface area contributed by atoms with Crippen molar-refractivity contribution in [3.63, 3.8) is 0 Å². The first-order chi connectivity index (χ1) is 8.86. The molecule has 2 heteroatoms. The van der Waals surface area contributed by atoms with Crippen LogP contribution in [0, 0.1) is 0 Å². The van der Waals surface area contributed by atoms with Crippen molar-refractivity contribution in [2.75, 3.05) is 12.8 Å². The van der Waals surface area contributed by atoms with E-state index in [0.29, 0.717) is 6.04 Å². The van der Waals surface area contributed by atoms with Gasteiger partial charge in [0.25, 0.3) is 0 Å². The molecule has 2 rings (SSSR count). The van der Waals surface area contributed by atoms with Crippen LogP contribution in [0.3, 0.4) is 0 Å². The highest BCUT2D eigenvalue weighted by Gasteiger charge is 2.19. The normalized spacial score (nSPS) is 17.3. The predicted molar refractivity (Wildman–Crippen MR) is 81.2 cm³/mol. The molecule has 0 bridgehead atoms. The minimum atomic E-state index is 0.416. The number of hydrogen-bond donors (Lipinski definition) is 1. The lowest BCUT2D eigenvalue weighted by Crippen LogP contribution is -2.24. The third-order valence-electron chi connectivity index (χ3n) is 3.56. The fourth-order valence-electron chi connectivity index (χ4n) is 2.67. The van der Waals surface area contributed by atoms with Gasteiger partial charge in [-0.25, -0.2) is 0 Å². The molecule has 0 radical (unpaired) electrons. The molecule has 1 atom stereocenters. The minimum Gasteiger partial charge on any atom is -0.307 e. The Kier molecular flexibility index (Phi) is 5.33. The molecule has 0 saturated carbocycles. The highest BCUT2D eigenvalue weighted by molar-refractivity contribution is 7.98. The van der Waals surface area contributed by atoms with Crippen molar-refractivity contribution in [1.82, 2.24) is 5.32 Å². The molecule has 1 unspecified atom stereocenters. The summed E-state index contributed by atoms with van der Waals surface area (Å²) in [7, 11) is 0. The number of rotatable bonds is 5. The summed E-state index contributed by atoms with van der Waals surface area (Å²) in [6, 6.07) is 9.21. The Labute approximate surface area is 115 Å². The Hall–Kier alpha value is -0.730. The summed E-state index contributed by atoms with van der Waals surface area (Å²) in [5, 5.41) is 3.66. The number of allylic oxidation sites excluding steroid dienone is 1. The number of hydrogen-bond acceptors (Lipinski definition) is 2. The Bertz CT molecular complexity index is 411. The van der Waals surface area contributed by atoms with E-state index >= 15 is 0 Å². The van der Waals surface area contributed by atoms with Crippen molar-refractivity contribution in [1.29, 1.82) is 0 Å².